The van der Waals surface area contributed by atoms with Crippen LogP contribution in [0, 0.1) is 0 Å². The first-order valence-corrected chi connectivity index (χ1v) is 5.25. The van der Waals surface area contributed by atoms with Gasteiger partial charge in [0.2, 0.25) is 0 Å². The molecule has 1 saturated carbocycles. The molecule has 1 unspecified atom stereocenters. The fourth-order valence-electron chi connectivity index (χ4n) is 1.78. The monoisotopic (exact) mass is 167 g/mol. The molecule has 0 bridgehead atoms. The summed E-state index contributed by atoms with van der Waals surface area (Å²) in [6.45, 7) is 7.51. The molecule has 1 heteroatoms. The van der Waals surface area contributed by atoms with Gasteiger partial charge in [-0.1, -0.05) is 31.9 Å². The van der Waals surface area contributed by atoms with Gasteiger partial charge in [-0.25, -0.2) is 0 Å². The van der Waals surface area contributed by atoms with Crippen molar-refractivity contribution in [2.75, 3.05) is 6.54 Å². The van der Waals surface area contributed by atoms with Gasteiger partial charge < -0.3 is 5.32 Å². The van der Waals surface area contributed by atoms with Crippen LogP contribution in [0.3, 0.4) is 0 Å². The molecule has 0 spiro atoms. The summed E-state index contributed by atoms with van der Waals surface area (Å²) in [6, 6.07) is 0.630. The highest BCUT2D eigenvalue weighted by molar-refractivity contribution is 5.07. The maximum Gasteiger partial charge on any atom is 0.0276 e. The Labute approximate surface area is 76.2 Å². The van der Waals surface area contributed by atoms with Gasteiger partial charge in [0.05, 0.1) is 0 Å². The van der Waals surface area contributed by atoms with Crippen molar-refractivity contribution in [2.45, 2.75) is 51.5 Å². The molecule has 70 valence electrons. The van der Waals surface area contributed by atoms with Gasteiger partial charge in [-0.3, -0.25) is 0 Å². The minimum Gasteiger partial charge on any atom is -0.310 e. The molecule has 1 nitrogen and oxygen atoms in total. The van der Waals surface area contributed by atoms with Crippen molar-refractivity contribution in [1.82, 2.24) is 5.32 Å². The molecule has 1 aliphatic carbocycles. The Hall–Kier alpha value is -0.300. The largest absolute Gasteiger partial charge is 0.310 e. The van der Waals surface area contributed by atoms with Crippen molar-refractivity contribution in [3.8, 4) is 0 Å². The van der Waals surface area contributed by atoms with Crippen molar-refractivity contribution in [2.24, 2.45) is 0 Å². The predicted molar refractivity (Wildman–Crippen MR) is 54.3 cm³/mol. The molecular formula is C11H21N. The summed E-state index contributed by atoms with van der Waals surface area (Å²) in [6.07, 6.45) is 7.86. The van der Waals surface area contributed by atoms with E-state index in [1.54, 1.807) is 0 Å². The summed E-state index contributed by atoms with van der Waals surface area (Å²) in [4.78, 5) is 0. The molecule has 12 heavy (non-hydrogen) atoms. The zero-order chi connectivity index (χ0) is 8.81. The molecular weight excluding hydrogens is 146 g/mol. The standard InChI is InChI=1S/C11H21N/c1-3-4-9-12-11-8-6-5-7-10(11)2/h11-12H,2-9H2,1H3. The summed E-state index contributed by atoms with van der Waals surface area (Å²) < 4.78 is 0. The predicted octanol–water partition coefficient (Wildman–Crippen LogP) is 2.87. The normalized spacial score (nSPS) is 24.4. The smallest absolute Gasteiger partial charge is 0.0276 e. The van der Waals surface area contributed by atoms with Crippen LogP contribution in [-0.2, 0) is 0 Å². The lowest BCUT2D eigenvalue weighted by Gasteiger charge is -2.25. The Bertz CT molecular complexity index is 140. The molecule has 1 rings (SSSR count). The van der Waals surface area contributed by atoms with Crippen molar-refractivity contribution >= 4 is 0 Å². The van der Waals surface area contributed by atoms with Crippen LogP contribution < -0.4 is 5.32 Å². The third-order valence-corrected chi connectivity index (χ3v) is 2.65. The van der Waals surface area contributed by atoms with E-state index in [-0.39, 0.29) is 0 Å². The first-order valence-electron chi connectivity index (χ1n) is 5.25. The molecule has 1 N–H and O–H groups in total. The van der Waals surface area contributed by atoms with Crippen LogP contribution in [-0.4, -0.2) is 12.6 Å². The second-order valence-corrected chi connectivity index (χ2v) is 3.76. The average Bonchev–Trinajstić information content (AvgIpc) is 2.09. The van der Waals surface area contributed by atoms with Crippen molar-refractivity contribution in [1.29, 1.82) is 0 Å². The molecule has 0 amide bonds. The molecule has 0 aromatic heterocycles. The molecule has 0 heterocycles. The maximum absolute atomic E-state index is 4.11. The Morgan fingerprint density at radius 1 is 1.50 bits per heavy atom. The lowest BCUT2D eigenvalue weighted by Crippen LogP contribution is -2.33. The number of unbranched alkanes of at least 4 members (excludes halogenated alkanes) is 1. The Kier molecular flexibility index (Phi) is 4.37. The zero-order valence-corrected chi connectivity index (χ0v) is 8.23. The molecule has 1 fully saturated rings. The van der Waals surface area contributed by atoms with E-state index < -0.39 is 0 Å². The van der Waals surface area contributed by atoms with E-state index in [4.69, 9.17) is 0 Å². The van der Waals surface area contributed by atoms with E-state index in [1.807, 2.05) is 0 Å². The fraction of sp³-hybridized carbons (Fsp3) is 0.818. The minimum absolute atomic E-state index is 0.630. The van der Waals surface area contributed by atoms with Gasteiger partial charge in [0, 0.05) is 6.04 Å². The quantitative estimate of drug-likeness (QED) is 0.501. The molecule has 1 atom stereocenters. The molecule has 0 aromatic rings. The summed E-state index contributed by atoms with van der Waals surface area (Å²) in [7, 11) is 0. The van der Waals surface area contributed by atoms with Gasteiger partial charge in [-0.05, 0) is 32.2 Å². The number of rotatable bonds is 4. The highest BCUT2D eigenvalue weighted by Gasteiger charge is 2.15. The van der Waals surface area contributed by atoms with Crippen LogP contribution in [0.15, 0.2) is 12.2 Å². The topological polar surface area (TPSA) is 12.0 Å². The van der Waals surface area contributed by atoms with Crippen LogP contribution in [0.25, 0.3) is 0 Å². The van der Waals surface area contributed by atoms with E-state index in [9.17, 15) is 0 Å². The van der Waals surface area contributed by atoms with Crippen molar-refractivity contribution in [3.05, 3.63) is 12.2 Å². The van der Waals surface area contributed by atoms with E-state index in [0.717, 1.165) is 0 Å². The highest BCUT2D eigenvalue weighted by Crippen LogP contribution is 2.21. The van der Waals surface area contributed by atoms with E-state index in [0.29, 0.717) is 6.04 Å². The van der Waals surface area contributed by atoms with Gasteiger partial charge in [0.15, 0.2) is 0 Å². The van der Waals surface area contributed by atoms with E-state index in [1.165, 1.54) is 50.6 Å². The summed E-state index contributed by atoms with van der Waals surface area (Å²) in [5.41, 5.74) is 1.43. The SMILES string of the molecule is C=C1CCCCC1NCCCC. The summed E-state index contributed by atoms with van der Waals surface area (Å²) in [5.74, 6) is 0. The van der Waals surface area contributed by atoms with Gasteiger partial charge in [0.1, 0.15) is 0 Å². The Morgan fingerprint density at radius 2 is 2.33 bits per heavy atom. The van der Waals surface area contributed by atoms with Gasteiger partial charge in [-0.2, -0.15) is 0 Å². The van der Waals surface area contributed by atoms with Crippen molar-refractivity contribution < 1.29 is 0 Å². The molecule has 0 saturated heterocycles. The van der Waals surface area contributed by atoms with Crippen LogP contribution in [0.1, 0.15) is 45.4 Å². The van der Waals surface area contributed by atoms with Crippen LogP contribution in [0.4, 0.5) is 0 Å². The lowest BCUT2D eigenvalue weighted by atomic mass is 9.91. The second kappa shape index (κ2) is 5.36. The van der Waals surface area contributed by atoms with E-state index >= 15 is 0 Å². The first kappa shape index (κ1) is 9.79. The fourth-order valence-corrected chi connectivity index (χ4v) is 1.78. The third-order valence-electron chi connectivity index (χ3n) is 2.65. The number of hydrogen-bond acceptors (Lipinski definition) is 1. The highest BCUT2D eigenvalue weighted by atomic mass is 14.9. The number of hydrogen-bond donors (Lipinski definition) is 1. The Balaban J connectivity index is 2.16. The minimum atomic E-state index is 0.630. The van der Waals surface area contributed by atoms with E-state index in [2.05, 4.69) is 18.8 Å². The second-order valence-electron chi connectivity index (χ2n) is 3.76. The average molecular weight is 167 g/mol. The molecule has 1 aliphatic rings. The first-order chi connectivity index (χ1) is 5.84. The van der Waals surface area contributed by atoms with Crippen LogP contribution in [0.5, 0.6) is 0 Å². The number of nitrogens with one attached hydrogen (secondary N) is 1. The third kappa shape index (κ3) is 2.98. The molecule has 0 radical (unpaired) electrons. The van der Waals surface area contributed by atoms with Crippen LogP contribution in [0.2, 0.25) is 0 Å². The summed E-state index contributed by atoms with van der Waals surface area (Å²) in [5, 5.41) is 3.57. The molecule has 0 aliphatic heterocycles. The Morgan fingerprint density at radius 3 is 3.00 bits per heavy atom. The van der Waals surface area contributed by atoms with Gasteiger partial charge in [0.25, 0.3) is 0 Å². The van der Waals surface area contributed by atoms with Crippen LogP contribution >= 0.6 is 0 Å². The summed E-state index contributed by atoms with van der Waals surface area (Å²) >= 11 is 0. The van der Waals surface area contributed by atoms with Gasteiger partial charge >= 0.3 is 0 Å². The van der Waals surface area contributed by atoms with Gasteiger partial charge in [-0.15, -0.1) is 0 Å². The lowest BCUT2D eigenvalue weighted by molar-refractivity contribution is 0.451. The zero-order valence-electron chi connectivity index (χ0n) is 8.23. The molecule has 0 aromatic carbocycles. The maximum atomic E-state index is 4.11. The van der Waals surface area contributed by atoms with Crippen molar-refractivity contribution in [3.63, 3.8) is 0 Å².